The van der Waals surface area contributed by atoms with Crippen molar-refractivity contribution < 1.29 is 9.53 Å². The lowest BCUT2D eigenvalue weighted by Crippen LogP contribution is -2.28. The van der Waals surface area contributed by atoms with Gasteiger partial charge in [-0.05, 0) is 19.1 Å². The van der Waals surface area contributed by atoms with Crippen molar-refractivity contribution in [2.75, 3.05) is 13.2 Å². The minimum atomic E-state index is -0.230. The maximum Gasteiger partial charge on any atom is 0.257 e. The third-order valence-corrected chi connectivity index (χ3v) is 2.03. The van der Waals surface area contributed by atoms with Crippen LogP contribution < -0.4 is 10.1 Å². The zero-order valence-electron chi connectivity index (χ0n) is 8.79. The number of ether oxygens (including phenoxy) is 1. The van der Waals surface area contributed by atoms with Crippen molar-refractivity contribution in [3.63, 3.8) is 0 Å². The Labute approximate surface area is 98.8 Å². The molecule has 1 rings (SSSR count). The van der Waals surface area contributed by atoms with E-state index in [1.807, 2.05) is 13.0 Å². The molecule has 0 aliphatic carbocycles. The fourth-order valence-corrected chi connectivity index (χ4v) is 1.26. The van der Waals surface area contributed by atoms with Gasteiger partial charge in [0.2, 0.25) is 0 Å². The Morgan fingerprint density at radius 2 is 2.38 bits per heavy atom. The van der Waals surface area contributed by atoms with Crippen molar-refractivity contribution in [2.24, 2.45) is 0 Å². The Bertz CT molecular complexity index is 426. The largest absolute Gasteiger partial charge is 0.482 e. The zero-order chi connectivity index (χ0) is 12.0. The average Bonchev–Trinajstić information content (AvgIpc) is 2.27. The molecule has 0 aliphatic heterocycles. The first-order chi connectivity index (χ1) is 7.67. The van der Waals surface area contributed by atoms with Gasteiger partial charge < -0.3 is 10.1 Å². The van der Waals surface area contributed by atoms with Crippen LogP contribution in [-0.4, -0.2) is 19.1 Å². The van der Waals surface area contributed by atoms with E-state index in [9.17, 15) is 4.79 Å². The zero-order valence-corrected chi connectivity index (χ0v) is 9.54. The van der Waals surface area contributed by atoms with Gasteiger partial charge in [-0.15, -0.1) is 0 Å². The van der Waals surface area contributed by atoms with E-state index in [0.29, 0.717) is 22.9 Å². The molecule has 0 unspecified atom stereocenters. The van der Waals surface area contributed by atoms with E-state index >= 15 is 0 Å². The van der Waals surface area contributed by atoms with E-state index in [-0.39, 0.29) is 12.5 Å². The summed E-state index contributed by atoms with van der Waals surface area (Å²) in [6.07, 6.45) is 0. The summed E-state index contributed by atoms with van der Waals surface area (Å²) >= 11 is 5.76. The second kappa shape index (κ2) is 5.99. The van der Waals surface area contributed by atoms with Crippen LogP contribution in [0, 0.1) is 11.3 Å². The molecule has 4 nitrogen and oxygen atoms in total. The fourth-order valence-electron chi connectivity index (χ4n) is 1.10. The molecule has 0 saturated heterocycles. The Balaban J connectivity index is 2.70. The minimum Gasteiger partial charge on any atom is -0.482 e. The molecule has 1 aromatic rings. The van der Waals surface area contributed by atoms with Crippen molar-refractivity contribution in [2.45, 2.75) is 6.92 Å². The summed E-state index contributed by atoms with van der Waals surface area (Å²) in [6, 6.07) is 6.62. The van der Waals surface area contributed by atoms with Crippen LogP contribution in [0.15, 0.2) is 18.2 Å². The first-order valence-corrected chi connectivity index (χ1v) is 5.14. The molecular weight excluding hydrogens is 228 g/mol. The molecular formula is C11H11ClN2O2. The molecule has 0 heterocycles. The predicted octanol–water partition coefficient (Wildman–Crippen LogP) is 1.73. The van der Waals surface area contributed by atoms with Crippen LogP contribution in [0.1, 0.15) is 12.5 Å². The topological polar surface area (TPSA) is 62.1 Å². The molecule has 0 radical (unpaired) electrons. The molecule has 0 aromatic heterocycles. The van der Waals surface area contributed by atoms with E-state index in [1.165, 1.54) is 6.07 Å². The maximum absolute atomic E-state index is 11.1. The van der Waals surface area contributed by atoms with Crippen LogP contribution in [0.25, 0.3) is 0 Å². The highest BCUT2D eigenvalue weighted by atomic mass is 35.5. The molecule has 0 saturated carbocycles. The van der Waals surface area contributed by atoms with Gasteiger partial charge in [-0.1, -0.05) is 11.6 Å². The van der Waals surface area contributed by atoms with Gasteiger partial charge in [0, 0.05) is 17.6 Å². The third kappa shape index (κ3) is 3.44. The SMILES string of the molecule is CCNC(=O)COc1cc(Cl)ccc1C#N. The number of benzene rings is 1. The number of carbonyl (C=O) groups excluding carboxylic acids is 1. The van der Waals surface area contributed by atoms with E-state index in [2.05, 4.69) is 5.32 Å². The second-order valence-electron chi connectivity index (χ2n) is 2.99. The van der Waals surface area contributed by atoms with Crippen molar-refractivity contribution in [1.82, 2.24) is 5.32 Å². The van der Waals surface area contributed by atoms with Gasteiger partial charge in [-0.25, -0.2) is 0 Å². The van der Waals surface area contributed by atoms with E-state index in [4.69, 9.17) is 21.6 Å². The molecule has 1 aromatic carbocycles. The second-order valence-corrected chi connectivity index (χ2v) is 3.43. The number of likely N-dealkylation sites (N-methyl/N-ethyl adjacent to an activating group) is 1. The van der Waals surface area contributed by atoms with E-state index < -0.39 is 0 Å². The van der Waals surface area contributed by atoms with Gasteiger partial charge in [0.25, 0.3) is 5.91 Å². The number of rotatable bonds is 4. The van der Waals surface area contributed by atoms with E-state index in [1.54, 1.807) is 12.1 Å². The highest BCUT2D eigenvalue weighted by molar-refractivity contribution is 6.30. The number of nitrogens with one attached hydrogen (secondary N) is 1. The van der Waals surface area contributed by atoms with Crippen LogP contribution in [0.5, 0.6) is 5.75 Å². The molecule has 1 N–H and O–H groups in total. The smallest absolute Gasteiger partial charge is 0.257 e. The van der Waals surface area contributed by atoms with Gasteiger partial charge >= 0.3 is 0 Å². The normalized spacial score (nSPS) is 9.31. The predicted molar refractivity (Wildman–Crippen MR) is 60.3 cm³/mol. The number of amides is 1. The average molecular weight is 239 g/mol. The van der Waals surface area contributed by atoms with Crippen LogP contribution >= 0.6 is 11.6 Å². The third-order valence-electron chi connectivity index (χ3n) is 1.80. The number of nitrogens with zero attached hydrogens (tertiary/aromatic N) is 1. The van der Waals surface area contributed by atoms with Gasteiger partial charge in [-0.3, -0.25) is 4.79 Å². The number of hydrogen-bond acceptors (Lipinski definition) is 3. The molecule has 5 heteroatoms. The Morgan fingerprint density at radius 1 is 1.62 bits per heavy atom. The lowest BCUT2D eigenvalue weighted by atomic mass is 10.2. The number of halogens is 1. The summed E-state index contributed by atoms with van der Waals surface area (Å²) < 4.78 is 5.20. The van der Waals surface area contributed by atoms with Gasteiger partial charge in [0.1, 0.15) is 11.8 Å². The number of nitriles is 1. The quantitative estimate of drug-likeness (QED) is 0.869. The Morgan fingerprint density at radius 3 is 3.00 bits per heavy atom. The minimum absolute atomic E-state index is 0.122. The molecule has 0 aliphatic rings. The summed E-state index contributed by atoms with van der Waals surface area (Å²) in [5.74, 6) is 0.0904. The lowest BCUT2D eigenvalue weighted by molar-refractivity contribution is -0.122. The Hall–Kier alpha value is -1.73. The van der Waals surface area contributed by atoms with Gasteiger partial charge in [0.05, 0.1) is 5.56 Å². The fraction of sp³-hybridized carbons (Fsp3) is 0.273. The molecule has 0 fully saturated rings. The molecule has 0 bridgehead atoms. The summed E-state index contributed by atoms with van der Waals surface area (Å²) in [7, 11) is 0. The van der Waals surface area contributed by atoms with Crippen molar-refractivity contribution in [3.8, 4) is 11.8 Å². The highest BCUT2D eigenvalue weighted by Crippen LogP contribution is 2.22. The van der Waals surface area contributed by atoms with Crippen LogP contribution in [-0.2, 0) is 4.79 Å². The summed E-state index contributed by atoms with van der Waals surface area (Å²) in [5.41, 5.74) is 0.355. The van der Waals surface area contributed by atoms with Crippen molar-refractivity contribution in [1.29, 1.82) is 5.26 Å². The summed E-state index contributed by atoms with van der Waals surface area (Å²) in [6.45, 7) is 2.24. The number of hydrogen-bond donors (Lipinski definition) is 1. The molecule has 84 valence electrons. The molecule has 1 amide bonds. The van der Waals surface area contributed by atoms with Crippen LogP contribution in [0.4, 0.5) is 0 Å². The van der Waals surface area contributed by atoms with Gasteiger partial charge in [0.15, 0.2) is 6.61 Å². The lowest BCUT2D eigenvalue weighted by Gasteiger charge is -2.07. The summed E-state index contributed by atoms with van der Waals surface area (Å²) in [4.78, 5) is 11.1. The van der Waals surface area contributed by atoms with E-state index in [0.717, 1.165) is 0 Å². The number of carbonyl (C=O) groups is 1. The van der Waals surface area contributed by atoms with Crippen molar-refractivity contribution >= 4 is 17.5 Å². The summed E-state index contributed by atoms with van der Waals surface area (Å²) in [5, 5.41) is 11.9. The van der Waals surface area contributed by atoms with Gasteiger partial charge in [-0.2, -0.15) is 5.26 Å². The first-order valence-electron chi connectivity index (χ1n) is 4.76. The monoisotopic (exact) mass is 238 g/mol. The molecule has 0 atom stereocenters. The maximum atomic E-state index is 11.1. The Kier molecular flexibility index (Phi) is 4.62. The highest BCUT2D eigenvalue weighted by Gasteiger charge is 2.06. The molecule has 0 spiro atoms. The first kappa shape index (κ1) is 12.3. The standard InChI is InChI=1S/C11H11ClN2O2/c1-2-14-11(15)7-16-10-5-9(12)4-3-8(10)6-13/h3-5H,2,7H2,1H3,(H,14,15). The van der Waals surface area contributed by atoms with Crippen LogP contribution in [0.2, 0.25) is 5.02 Å². The van der Waals surface area contributed by atoms with Crippen molar-refractivity contribution in [3.05, 3.63) is 28.8 Å². The van der Waals surface area contributed by atoms with Crippen LogP contribution in [0.3, 0.4) is 0 Å². The molecule has 16 heavy (non-hydrogen) atoms.